The van der Waals surface area contributed by atoms with Gasteiger partial charge in [-0.15, -0.1) is 0 Å². The zero-order valence-corrected chi connectivity index (χ0v) is 13.8. The summed E-state index contributed by atoms with van der Waals surface area (Å²) in [5.41, 5.74) is 0.952. The van der Waals surface area contributed by atoms with Gasteiger partial charge in [-0.05, 0) is 17.7 Å². The Kier molecular flexibility index (Phi) is 5.20. The van der Waals surface area contributed by atoms with Crippen LogP contribution in [0.5, 0.6) is 11.5 Å². The molecule has 1 aromatic rings. The lowest BCUT2D eigenvalue weighted by atomic mass is 10.2. The first kappa shape index (κ1) is 16.6. The molecule has 1 fully saturated rings. The molecule has 24 heavy (non-hydrogen) atoms. The zero-order valence-electron chi connectivity index (χ0n) is 13.8. The molecular formula is C17H22N2O5. The van der Waals surface area contributed by atoms with Gasteiger partial charge in [0, 0.05) is 39.5 Å². The van der Waals surface area contributed by atoms with Crippen molar-refractivity contribution in [3.63, 3.8) is 0 Å². The third-order valence-corrected chi connectivity index (χ3v) is 4.22. The van der Waals surface area contributed by atoms with Crippen LogP contribution in [0.3, 0.4) is 0 Å². The summed E-state index contributed by atoms with van der Waals surface area (Å²) < 4.78 is 15.9. The van der Waals surface area contributed by atoms with Gasteiger partial charge in [0.2, 0.25) is 18.6 Å². The van der Waals surface area contributed by atoms with Crippen molar-refractivity contribution >= 4 is 11.8 Å². The van der Waals surface area contributed by atoms with Crippen LogP contribution in [0.15, 0.2) is 18.2 Å². The number of carbonyl (C=O) groups excluding carboxylic acids is 2. The Morgan fingerprint density at radius 2 is 1.92 bits per heavy atom. The molecule has 0 aromatic heterocycles. The van der Waals surface area contributed by atoms with E-state index in [9.17, 15) is 9.59 Å². The molecule has 3 rings (SSSR count). The first-order valence-corrected chi connectivity index (χ1v) is 8.13. The lowest BCUT2D eigenvalue weighted by molar-refractivity contribution is -0.136. The summed E-state index contributed by atoms with van der Waals surface area (Å²) in [5.74, 6) is 1.42. The molecule has 130 valence electrons. The third kappa shape index (κ3) is 3.97. The highest BCUT2D eigenvalue weighted by atomic mass is 16.7. The van der Waals surface area contributed by atoms with Crippen LogP contribution in [0.1, 0.15) is 18.9 Å². The lowest BCUT2D eigenvalue weighted by Gasteiger charge is -2.28. The van der Waals surface area contributed by atoms with Gasteiger partial charge in [-0.25, -0.2) is 0 Å². The number of amides is 2. The monoisotopic (exact) mass is 334 g/mol. The minimum atomic E-state index is -0.0533. The molecule has 1 saturated heterocycles. The second kappa shape index (κ2) is 7.53. The average molecular weight is 334 g/mol. The Morgan fingerprint density at radius 1 is 1.17 bits per heavy atom. The topological polar surface area (TPSA) is 68.3 Å². The van der Waals surface area contributed by atoms with Crippen LogP contribution in [0, 0.1) is 0 Å². The summed E-state index contributed by atoms with van der Waals surface area (Å²) in [5, 5.41) is 0. The molecule has 0 bridgehead atoms. The van der Waals surface area contributed by atoms with E-state index in [4.69, 9.17) is 14.2 Å². The Hall–Kier alpha value is -2.28. The van der Waals surface area contributed by atoms with Gasteiger partial charge in [-0.1, -0.05) is 6.07 Å². The van der Waals surface area contributed by atoms with Crippen molar-refractivity contribution in [3.05, 3.63) is 23.8 Å². The van der Waals surface area contributed by atoms with Crippen LogP contribution in [0.25, 0.3) is 0 Å². The van der Waals surface area contributed by atoms with E-state index < -0.39 is 0 Å². The van der Waals surface area contributed by atoms with Crippen molar-refractivity contribution in [2.24, 2.45) is 0 Å². The van der Waals surface area contributed by atoms with Crippen molar-refractivity contribution in [2.45, 2.75) is 19.9 Å². The number of fused-ring (bicyclic) bond motifs is 1. The van der Waals surface area contributed by atoms with Crippen LogP contribution < -0.4 is 9.47 Å². The standard InChI is InChI=1S/C17H22N2O5/c1-13(20)19(5-4-17(21)18-6-8-22-9-7-18)11-14-2-3-15-16(10-14)24-12-23-15/h2-3,10H,4-9,11-12H2,1H3. The van der Waals surface area contributed by atoms with Crippen LogP contribution in [-0.2, 0) is 20.9 Å². The van der Waals surface area contributed by atoms with E-state index in [-0.39, 0.29) is 18.6 Å². The largest absolute Gasteiger partial charge is 0.454 e. The number of nitrogens with zero attached hydrogens (tertiary/aromatic N) is 2. The quantitative estimate of drug-likeness (QED) is 0.804. The maximum atomic E-state index is 12.2. The number of benzene rings is 1. The Balaban J connectivity index is 1.56. The normalized spacial score (nSPS) is 16.1. The van der Waals surface area contributed by atoms with Gasteiger partial charge in [0.05, 0.1) is 13.2 Å². The Labute approximate surface area is 141 Å². The van der Waals surface area contributed by atoms with Gasteiger partial charge in [-0.2, -0.15) is 0 Å². The van der Waals surface area contributed by atoms with Gasteiger partial charge < -0.3 is 24.0 Å². The smallest absolute Gasteiger partial charge is 0.231 e. The Morgan fingerprint density at radius 3 is 2.67 bits per heavy atom. The average Bonchev–Trinajstić information content (AvgIpc) is 3.06. The fraction of sp³-hybridized carbons (Fsp3) is 0.529. The highest BCUT2D eigenvalue weighted by Gasteiger charge is 2.20. The molecule has 1 aromatic carbocycles. The summed E-state index contributed by atoms with van der Waals surface area (Å²) in [4.78, 5) is 27.6. The molecule has 0 spiro atoms. The van der Waals surface area contributed by atoms with Gasteiger partial charge in [0.15, 0.2) is 11.5 Å². The van der Waals surface area contributed by atoms with Gasteiger partial charge in [0.25, 0.3) is 0 Å². The van der Waals surface area contributed by atoms with E-state index in [1.165, 1.54) is 6.92 Å². The number of morpholine rings is 1. The summed E-state index contributed by atoms with van der Waals surface area (Å²) >= 11 is 0. The van der Waals surface area contributed by atoms with E-state index in [1.807, 2.05) is 18.2 Å². The SMILES string of the molecule is CC(=O)N(CCC(=O)N1CCOCC1)Cc1ccc2c(c1)OCO2. The van der Waals surface area contributed by atoms with Crippen molar-refractivity contribution in [1.82, 2.24) is 9.80 Å². The number of ether oxygens (including phenoxy) is 3. The molecule has 7 heteroatoms. The minimum Gasteiger partial charge on any atom is -0.454 e. The van der Waals surface area contributed by atoms with E-state index in [2.05, 4.69) is 0 Å². The maximum Gasteiger partial charge on any atom is 0.231 e. The molecule has 2 aliphatic rings. The fourth-order valence-electron chi connectivity index (χ4n) is 2.81. The lowest BCUT2D eigenvalue weighted by Crippen LogP contribution is -2.42. The molecule has 0 aliphatic carbocycles. The fourth-order valence-corrected chi connectivity index (χ4v) is 2.81. The molecule has 0 atom stereocenters. The highest BCUT2D eigenvalue weighted by molar-refractivity contribution is 5.78. The van der Waals surface area contributed by atoms with Crippen LogP contribution in [-0.4, -0.2) is 61.3 Å². The second-order valence-electron chi connectivity index (χ2n) is 5.87. The van der Waals surface area contributed by atoms with E-state index in [1.54, 1.807) is 9.80 Å². The molecule has 7 nitrogen and oxygen atoms in total. The number of hydrogen-bond donors (Lipinski definition) is 0. The second-order valence-corrected chi connectivity index (χ2v) is 5.87. The zero-order chi connectivity index (χ0) is 16.9. The summed E-state index contributed by atoms with van der Waals surface area (Å²) in [6.45, 7) is 5.01. The predicted octanol–water partition coefficient (Wildman–Crippen LogP) is 1.01. The molecule has 2 heterocycles. The molecule has 0 saturated carbocycles. The molecule has 2 amide bonds. The van der Waals surface area contributed by atoms with Crippen LogP contribution in [0.4, 0.5) is 0 Å². The van der Waals surface area contributed by atoms with Crippen LogP contribution >= 0.6 is 0 Å². The number of carbonyl (C=O) groups is 2. The molecule has 0 radical (unpaired) electrons. The molecular weight excluding hydrogens is 312 g/mol. The Bertz CT molecular complexity index is 613. The number of hydrogen-bond acceptors (Lipinski definition) is 5. The van der Waals surface area contributed by atoms with Crippen molar-refractivity contribution < 1.29 is 23.8 Å². The highest BCUT2D eigenvalue weighted by Crippen LogP contribution is 2.32. The van der Waals surface area contributed by atoms with E-state index in [0.29, 0.717) is 51.6 Å². The maximum absolute atomic E-state index is 12.2. The summed E-state index contributed by atoms with van der Waals surface area (Å²) in [6.07, 6.45) is 0.324. The molecule has 0 N–H and O–H groups in total. The van der Waals surface area contributed by atoms with E-state index >= 15 is 0 Å². The van der Waals surface area contributed by atoms with Crippen LogP contribution in [0.2, 0.25) is 0 Å². The number of rotatable bonds is 5. The predicted molar refractivity (Wildman–Crippen MR) is 85.7 cm³/mol. The minimum absolute atomic E-state index is 0.0533. The third-order valence-electron chi connectivity index (χ3n) is 4.22. The summed E-state index contributed by atoms with van der Waals surface area (Å²) in [7, 11) is 0. The van der Waals surface area contributed by atoms with Gasteiger partial charge in [0.1, 0.15) is 0 Å². The first-order valence-electron chi connectivity index (χ1n) is 8.13. The van der Waals surface area contributed by atoms with Gasteiger partial charge in [-0.3, -0.25) is 9.59 Å². The molecule has 0 unspecified atom stereocenters. The summed E-state index contributed by atoms with van der Waals surface area (Å²) in [6, 6.07) is 5.63. The van der Waals surface area contributed by atoms with Gasteiger partial charge >= 0.3 is 0 Å². The van der Waals surface area contributed by atoms with Crippen molar-refractivity contribution in [2.75, 3.05) is 39.6 Å². The van der Waals surface area contributed by atoms with E-state index in [0.717, 1.165) is 11.3 Å². The molecule has 2 aliphatic heterocycles. The van der Waals surface area contributed by atoms with Crippen molar-refractivity contribution in [1.29, 1.82) is 0 Å². The van der Waals surface area contributed by atoms with Crippen molar-refractivity contribution in [3.8, 4) is 11.5 Å². The first-order chi connectivity index (χ1) is 11.6.